The third kappa shape index (κ3) is 5.45. The summed E-state index contributed by atoms with van der Waals surface area (Å²) in [5.41, 5.74) is 0.787. The van der Waals surface area contributed by atoms with Gasteiger partial charge in [0.15, 0.2) is 0 Å². The molecule has 0 aromatic heterocycles. The van der Waals surface area contributed by atoms with E-state index in [0.29, 0.717) is 0 Å². The molecule has 0 aliphatic carbocycles. The Kier molecular flexibility index (Phi) is 6.97. The molecule has 2 unspecified atom stereocenters. The molecule has 0 aliphatic heterocycles. The summed E-state index contributed by atoms with van der Waals surface area (Å²) in [6.45, 7) is -0.204. The molecule has 2 rings (SSSR count). The maximum absolute atomic E-state index is 11.6. The van der Waals surface area contributed by atoms with Crippen molar-refractivity contribution in [3.8, 4) is 0 Å². The van der Waals surface area contributed by atoms with Crippen molar-refractivity contribution in [2.24, 2.45) is 0 Å². The lowest BCUT2D eigenvalue weighted by Gasteiger charge is -2.19. The molecule has 26 heavy (non-hydrogen) atoms. The maximum atomic E-state index is 11.6. The average molecular weight is 380 g/mol. The van der Waals surface area contributed by atoms with E-state index in [1.165, 1.54) is 18.2 Å². The molecular weight excluding hydrogens is 362 g/mol. The van der Waals surface area contributed by atoms with Gasteiger partial charge >= 0.3 is 12.1 Å². The van der Waals surface area contributed by atoms with Gasteiger partial charge in [-0.15, -0.1) is 0 Å². The predicted octanol–water partition coefficient (Wildman–Crippen LogP) is 2.36. The van der Waals surface area contributed by atoms with Gasteiger partial charge in [0.05, 0.1) is 10.6 Å². The molecule has 0 fully saturated rings. The number of carbonyl (C=O) groups is 2. The van der Waals surface area contributed by atoms with Crippen LogP contribution in [0.5, 0.6) is 0 Å². The highest BCUT2D eigenvalue weighted by molar-refractivity contribution is 6.33. The van der Waals surface area contributed by atoms with Gasteiger partial charge < -0.3 is 25.4 Å². The zero-order valence-corrected chi connectivity index (χ0v) is 14.4. The molecule has 0 saturated heterocycles. The number of amides is 1. The van der Waals surface area contributed by atoms with Crippen molar-refractivity contribution in [2.75, 3.05) is 6.54 Å². The Hall–Kier alpha value is -2.61. The van der Waals surface area contributed by atoms with Crippen molar-refractivity contribution >= 4 is 23.7 Å². The van der Waals surface area contributed by atoms with E-state index >= 15 is 0 Å². The molecule has 4 N–H and O–H groups in total. The lowest BCUT2D eigenvalue weighted by molar-refractivity contribution is 0.0183. The summed E-state index contributed by atoms with van der Waals surface area (Å²) in [5.74, 6) is -1.25. The summed E-state index contributed by atoms with van der Waals surface area (Å²) in [5, 5.41) is 31.5. The summed E-state index contributed by atoms with van der Waals surface area (Å²) in [7, 11) is 0. The van der Waals surface area contributed by atoms with Crippen LogP contribution >= 0.6 is 11.6 Å². The van der Waals surface area contributed by atoms with Crippen molar-refractivity contribution in [1.82, 2.24) is 5.32 Å². The summed E-state index contributed by atoms with van der Waals surface area (Å²) < 4.78 is 4.99. The van der Waals surface area contributed by atoms with Crippen LogP contribution in [0.1, 0.15) is 27.6 Å². The standard InChI is InChI=1S/C18H18ClNO6/c19-14-7-6-12(8-13(14)17(23)24)16(22)15(21)9-20-18(25)26-10-11-4-2-1-3-5-11/h1-8,15-16,21-22H,9-10H2,(H,20,25)(H,23,24). The van der Waals surface area contributed by atoms with E-state index in [1.54, 1.807) is 12.1 Å². The number of hydrogen-bond acceptors (Lipinski definition) is 5. The average Bonchev–Trinajstić information content (AvgIpc) is 2.64. The number of aliphatic hydroxyl groups excluding tert-OH is 2. The molecule has 0 saturated carbocycles. The van der Waals surface area contributed by atoms with Crippen molar-refractivity contribution in [2.45, 2.75) is 18.8 Å². The molecule has 0 aliphatic rings. The number of aliphatic hydroxyl groups is 2. The van der Waals surface area contributed by atoms with Crippen molar-refractivity contribution in [3.05, 3.63) is 70.2 Å². The second kappa shape index (κ2) is 9.19. The molecule has 0 heterocycles. The van der Waals surface area contributed by atoms with Gasteiger partial charge in [0.25, 0.3) is 0 Å². The van der Waals surface area contributed by atoms with Crippen LogP contribution in [0.25, 0.3) is 0 Å². The molecule has 8 heteroatoms. The van der Waals surface area contributed by atoms with E-state index in [2.05, 4.69) is 5.32 Å². The van der Waals surface area contributed by atoms with E-state index in [1.807, 2.05) is 18.2 Å². The largest absolute Gasteiger partial charge is 0.478 e. The Morgan fingerprint density at radius 1 is 1.12 bits per heavy atom. The van der Waals surface area contributed by atoms with Crippen molar-refractivity contribution in [3.63, 3.8) is 0 Å². The van der Waals surface area contributed by atoms with Gasteiger partial charge in [0.1, 0.15) is 18.8 Å². The number of aromatic carboxylic acids is 1. The second-order valence-corrected chi connectivity index (χ2v) is 5.91. The van der Waals surface area contributed by atoms with Gasteiger partial charge in [-0.3, -0.25) is 0 Å². The quantitative estimate of drug-likeness (QED) is 0.587. The fraction of sp³-hybridized carbons (Fsp3) is 0.222. The fourth-order valence-electron chi connectivity index (χ4n) is 2.19. The number of alkyl carbamates (subject to hydrolysis) is 1. The smallest absolute Gasteiger partial charge is 0.407 e. The lowest BCUT2D eigenvalue weighted by Crippen LogP contribution is -2.35. The molecule has 138 valence electrons. The lowest BCUT2D eigenvalue weighted by atomic mass is 10.0. The van der Waals surface area contributed by atoms with Crippen LogP contribution in [-0.4, -0.2) is 40.0 Å². The van der Waals surface area contributed by atoms with E-state index in [0.717, 1.165) is 5.56 Å². The summed E-state index contributed by atoms with van der Waals surface area (Å²) in [6.07, 6.45) is -3.51. The summed E-state index contributed by atoms with van der Waals surface area (Å²) in [4.78, 5) is 22.7. The zero-order chi connectivity index (χ0) is 19.1. The van der Waals surface area contributed by atoms with Crippen LogP contribution in [0.2, 0.25) is 5.02 Å². The van der Waals surface area contributed by atoms with Crippen LogP contribution in [0.15, 0.2) is 48.5 Å². The van der Waals surface area contributed by atoms with Gasteiger partial charge in [-0.25, -0.2) is 9.59 Å². The van der Waals surface area contributed by atoms with Crippen LogP contribution < -0.4 is 5.32 Å². The molecular formula is C18H18ClNO6. The third-order valence-corrected chi connectivity index (χ3v) is 3.92. The van der Waals surface area contributed by atoms with E-state index in [-0.39, 0.29) is 29.3 Å². The maximum Gasteiger partial charge on any atom is 0.407 e. The van der Waals surface area contributed by atoms with Gasteiger partial charge in [0.2, 0.25) is 0 Å². The van der Waals surface area contributed by atoms with Crippen molar-refractivity contribution in [1.29, 1.82) is 0 Å². The Bertz CT molecular complexity index is 768. The number of carbonyl (C=O) groups excluding carboxylic acids is 1. The Morgan fingerprint density at radius 2 is 1.81 bits per heavy atom. The monoisotopic (exact) mass is 379 g/mol. The minimum absolute atomic E-state index is 0.0190. The third-order valence-electron chi connectivity index (χ3n) is 3.60. The van der Waals surface area contributed by atoms with Crippen LogP contribution in [0.3, 0.4) is 0 Å². The van der Waals surface area contributed by atoms with Crippen LogP contribution in [-0.2, 0) is 11.3 Å². The fourth-order valence-corrected chi connectivity index (χ4v) is 2.38. The highest BCUT2D eigenvalue weighted by Gasteiger charge is 2.21. The Morgan fingerprint density at radius 3 is 2.46 bits per heavy atom. The van der Waals surface area contributed by atoms with Gasteiger partial charge in [-0.2, -0.15) is 0 Å². The molecule has 7 nitrogen and oxygen atoms in total. The van der Waals surface area contributed by atoms with E-state index in [4.69, 9.17) is 21.4 Å². The topological polar surface area (TPSA) is 116 Å². The summed E-state index contributed by atoms with van der Waals surface area (Å²) in [6, 6.07) is 13.0. The number of ether oxygens (including phenoxy) is 1. The van der Waals surface area contributed by atoms with Gasteiger partial charge in [-0.1, -0.05) is 48.0 Å². The number of nitrogens with one attached hydrogen (secondary N) is 1. The molecule has 0 spiro atoms. The second-order valence-electron chi connectivity index (χ2n) is 5.50. The van der Waals surface area contributed by atoms with Crippen LogP contribution in [0.4, 0.5) is 4.79 Å². The molecule has 2 atom stereocenters. The minimum Gasteiger partial charge on any atom is -0.478 e. The van der Waals surface area contributed by atoms with Crippen LogP contribution in [0, 0.1) is 0 Å². The number of carboxylic acids is 1. The number of carboxylic acid groups (broad SMARTS) is 1. The molecule has 2 aromatic rings. The van der Waals surface area contributed by atoms with E-state index in [9.17, 15) is 19.8 Å². The van der Waals surface area contributed by atoms with Crippen molar-refractivity contribution < 1.29 is 29.6 Å². The molecule has 0 bridgehead atoms. The Labute approximate surface area is 154 Å². The summed E-state index contributed by atoms with van der Waals surface area (Å²) >= 11 is 5.76. The number of benzene rings is 2. The van der Waals surface area contributed by atoms with E-state index < -0.39 is 24.3 Å². The first-order chi connectivity index (χ1) is 12.4. The first kappa shape index (κ1) is 19.7. The highest BCUT2D eigenvalue weighted by atomic mass is 35.5. The Balaban J connectivity index is 1.86. The number of hydrogen-bond donors (Lipinski definition) is 4. The van der Waals surface area contributed by atoms with Gasteiger partial charge in [-0.05, 0) is 23.3 Å². The van der Waals surface area contributed by atoms with Gasteiger partial charge in [0, 0.05) is 6.54 Å². The zero-order valence-electron chi connectivity index (χ0n) is 13.6. The first-order valence-electron chi connectivity index (χ1n) is 7.72. The minimum atomic E-state index is -1.40. The predicted molar refractivity (Wildman–Crippen MR) is 94.0 cm³/mol. The molecule has 0 radical (unpaired) electrons. The number of halogens is 1. The molecule has 2 aromatic carbocycles. The molecule has 1 amide bonds. The first-order valence-corrected chi connectivity index (χ1v) is 8.09. The number of rotatable bonds is 7. The normalized spacial score (nSPS) is 12.9. The SMILES string of the molecule is O=C(NCC(O)C(O)c1ccc(Cl)c(C(=O)O)c1)OCc1ccccc1. The highest BCUT2D eigenvalue weighted by Crippen LogP contribution is 2.23.